The number of aliphatic hydroxyl groups excluding tert-OH is 1. The molecule has 246 valence electrons. The SMILES string of the molecule is Cc1ccc(-c2ccc(-c3nc(-c4ccc(CN(CC(O)O)C(=O)c5ccc(NC(=O)Cc6ccc(Cl)cc6)cc5)cc4)no3)cc2)cc1. The van der Waals surface area contributed by atoms with E-state index in [2.05, 4.69) is 46.6 Å². The van der Waals surface area contributed by atoms with Gasteiger partial charge in [-0.15, -0.1) is 0 Å². The summed E-state index contributed by atoms with van der Waals surface area (Å²) in [5.74, 6) is 0.213. The third-order valence-electron chi connectivity index (χ3n) is 7.89. The molecule has 0 atom stereocenters. The molecule has 0 unspecified atom stereocenters. The molecule has 0 spiro atoms. The Bertz CT molecular complexity index is 2020. The molecule has 0 radical (unpaired) electrons. The average molecular weight is 673 g/mol. The first-order chi connectivity index (χ1) is 23.7. The lowest BCUT2D eigenvalue weighted by molar-refractivity contribution is -0.115. The Morgan fingerprint density at radius 3 is 1.96 bits per heavy atom. The molecule has 2 amide bonds. The lowest BCUT2D eigenvalue weighted by Gasteiger charge is -2.24. The third-order valence-corrected chi connectivity index (χ3v) is 8.14. The van der Waals surface area contributed by atoms with Crippen molar-refractivity contribution < 1.29 is 24.3 Å². The summed E-state index contributed by atoms with van der Waals surface area (Å²) in [5, 5.41) is 27.0. The number of benzene rings is 5. The van der Waals surface area contributed by atoms with Crippen molar-refractivity contribution in [3.63, 3.8) is 0 Å². The van der Waals surface area contributed by atoms with Crippen LogP contribution in [0.1, 0.15) is 27.0 Å². The van der Waals surface area contributed by atoms with Gasteiger partial charge in [0.2, 0.25) is 11.7 Å². The second kappa shape index (κ2) is 15.1. The zero-order chi connectivity index (χ0) is 34.3. The van der Waals surface area contributed by atoms with Gasteiger partial charge in [0, 0.05) is 33.9 Å². The Morgan fingerprint density at radius 2 is 1.33 bits per heavy atom. The predicted octanol–water partition coefficient (Wildman–Crippen LogP) is 7.17. The lowest BCUT2D eigenvalue weighted by atomic mass is 10.0. The van der Waals surface area contributed by atoms with Gasteiger partial charge in [0.15, 0.2) is 6.29 Å². The van der Waals surface area contributed by atoms with Crippen molar-refractivity contribution >= 4 is 29.1 Å². The number of anilines is 1. The number of aliphatic hydroxyl groups is 2. The van der Waals surface area contributed by atoms with Gasteiger partial charge >= 0.3 is 0 Å². The summed E-state index contributed by atoms with van der Waals surface area (Å²) in [4.78, 5) is 31.8. The first-order valence-corrected chi connectivity index (χ1v) is 16.0. The molecular formula is C39H33ClN4O5. The fourth-order valence-corrected chi connectivity index (χ4v) is 5.40. The maximum absolute atomic E-state index is 13.4. The highest BCUT2D eigenvalue weighted by Gasteiger charge is 2.20. The Hall–Kier alpha value is -5.61. The van der Waals surface area contributed by atoms with Crippen LogP contribution < -0.4 is 5.32 Å². The molecule has 5 aromatic carbocycles. The fraction of sp³-hybridized carbons (Fsp3) is 0.128. The number of nitrogens with zero attached hydrogens (tertiary/aromatic N) is 3. The maximum atomic E-state index is 13.4. The molecule has 0 aliphatic carbocycles. The van der Waals surface area contributed by atoms with Gasteiger partial charge in [-0.05, 0) is 77.7 Å². The van der Waals surface area contributed by atoms with E-state index in [0.717, 1.165) is 33.4 Å². The minimum absolute atomic E-state index is 0.126. The van der Waals surface area contributed by atoms with Crippen LogP contribution in [0.3, 0.4) is 0 Å². The number of hydrogen-bond donors (Lipinski definition) is 3. The van der Waals surface area contributed by atoms with Crippen LogP contribution in [0.2, 0.25) is 5.02 Å². The van der Waals surface area contributed by atoms with Crippen molar-refractivity contribution in [2.75, 3.05) is 11.9 Å². The molecule has 49 heavy (non-hydrogen) atoms. The number of halogens is 1. The van der Waals surface area contributed by atoms with E-state index in [1.165, 1.54) is 10.5 Å². The standard InChI is InChI=1S/C39H33ClN4O5/c1-25-2-8-28(9-3-25)29-12-14-31(15-13-29)38-42-37(43-49-38)30-10-4-27(5-11-30)23-44(24-36(46)47)39(48)32-16-20-34(21-17-32)41-35(45)22-26-6-18-33(40)19-7-26/h2-21,36,46-47H,22-24H2,1H3,(H,41,45). The Kier molecular flexibility index (Phi) is 10.2. The van der Waals surface area contributed by atoms with Crippen LogP contribution in [0.5, 0.6) is 0 Å². The largest absolute Gasteiger partial charge is 0.367 e. The van der Waals surface area contributed by atoms with Gasteiger partial charge in [-0.1, -0.05) is 95.1 Å². The van der Waals surface area contributed by atoms with Crippen LogP contribution in [0, 0.1) is 6.92 Å². The predicted molar refractivity (Wildman–Crippen MR) is 189 cm³/mol. The first-order valence-electron chi connectivity index (χ1n) is 15.6. The highest BCUT2D eigenvalue weighted by molar-refractivity contribution is 6.30. The van der Waals surface area contributed by atoms with E-state index in [4.69, 9.17) is 16.1 Å². The number of aromatic nitrogens is 2. The molecule has 1 aromatic heterocycles. The lowest BCUT2D eigenvalue weighted by Crippen LogP contribution is -2.37. The summed E-state index contributed by atoms with van der Waals surface area (Å²) >= 11 is 5.91. The summed E-state index contributed by atoms with van der Waals surface area (Å²) in [6, 6.07) is 37.0. The monoisotopic (exact) mass is 672 g/mol. The van der Waals surface area contributed by atoms with E-state index in [9.17, 15) is 19.8 Å². The Labute approximate surface area is 288 Å². The highest BCUT2D eigenvalue weighted by Crippen LogP contribution is 2.27. The van der Waals surface area contributed by atoms with Crippen molar-refractivity contribution in [2.24, 2.45) is 0 Å². The first kappa shape index (κ1) is 33.3. The zero-order valence-electron chi connectivity index (χ0n) is 26.6. The van der Waals surface area contributed by atoms with Crippen molar-refractivity contribution in [3.8, 4) is 34.0 Å². The Morgan fingerprint density at radius 1 is 0.755 bits per heavy atom. The summed E-state index contributed by atoms with van der Waals surface area (Å²) in [6.07, 6.45) is -1.55. The maximum Gasteiger partial charge on any atom is 0.258 e. The van der Waals surface area contributed by atoms with Crippen molar-refractivity contribution in [3.05, 3.63) is 149 Å². The van der Waals surface area contributed by atoms with Gasteiger partial charge in [-0.25, -0.2) is 0 Å². The summed E-state index contributed by atoms with van der Waals surface area (Å²) in [5.41, 5.74) is 7.40. The molecule has 0 saturated heterocycles. The molecule has 1 heterocycles. The van der Waals surface area contributed by atoms with E-state index in [0.29, 0.717) is 28.0 Å². The molecule has 0 fully saturated rings. The van der Waals surface area contributed by atoms with Crippen LogP contribution in [0.4, 0.5) is 5.69 Å². The summed E-state index contributed by atoms with van der Waals surface area (Å²) in [7, 11) is 0. The normalized spacial score (nSPS) is 11.0. The highest BCUT2D eigenvalue weighted by atomic mass is 35.5. The number of nitrogens with one attached hydrogen (secondary N) is 1. The van der Waals surface area contributed by atoms with Gasteiger partial charge in [0.25, 0.3) is 11.8 Å². The Balaban J connectivity index is 1.08. The fourth-order valence-electron chi connectivity index (χ4n) is 5.28. The molecule has 0 bridgehead atoms. The quantitative estimate of drug-likeness (QED) is 0.125. The van der Waals surface area contributed by atoms with E-state index < -0.39 is 12.2 Å². The van der Waals surface area contributed by atoms with E-state index in [1.807, 2.05) is 48.5 Å². The van der Waals surface area contributed by atoms with Crippen LogP contribution in [-0.2, 0) is 17.8 Å². The smallest absolute Gasteiger partial charge is 0.258 e. The molecule has 0 aliphatic rings. The van der Waals surface area contributed by atoms with Crippen LogP contribution in [0.25, 0.3) is 34.0 Å². The van der Waals surface area contributed by atoms with Gasteiger partial charge < -0.3 is 25.0 Å². The van der Waals surface area contributed by atoms with Crippen LogP contribution in [0.15, 0.2) is 126 Å². The molecule has 0 saturated carbocycles. The topological polar surface area (TPSA) is 129 Å². The number of carbonyl (C=O) groups excluding carboxylic acids is 2. The van der Waals surface area contributed by atoms with E-state index >= 15 is 0 Å². The zero-order valence-corrected chi connectivity index (χ0v) is 27.3. The minimum Gasteiger partial charge on any atom is -0.367 e. The van der Waals surface area contributed by atoms with Crippen molar-refractivity contribution in [1.82, 2.24) is 15.0 Å². The summed E-state index contributed by atoms with van der Waals surface area (Å²) in [6.45, 7) is 1.89. The van der Waals surface area contributed by atoms with Gasteiger partial charge in [-0.2, -0.15) is 4.98 Å². The number of aryl methyl sites for hydroxylation is 1. The molecule has 10 heteroatoms. The van der Waals surface area contributed by atoms with E-state index in [-0.39, 0.29) is 25.4 Å². The molecule has 6 rings (SSSR count). The average Bonchev–Trinajstić information content (AvgIpc) is 3.60. The number of hydrogen-bond acceptors (Lipinski definition) is 7. The van der Waals surface area contributed by atoms with Crippen molar-refractivity contribution in [1.29, 1.82) is 0 Å². The summed E-state index contributed by atoms with van der Waals surface area (Å²) < 4.78 is 5.55. The second-order valence-corrected chi connectivity index (χ2v) is 12.1. The number of amides is 2. The molecular weight excluding hydrogens is 640 g/mol. The number of rotatable bonds is 11. The molecule has 6 aromatic rings. The van der Waals surface area contributed by atoms with Gasteiger partial charge in [0.05, 0.1) is 13.0 Å². The van der Waals surface area contributed by atoms with Crippen molar-refractivity contribution in [2.45, 2.75) is 26.2 Å². The van der Waals surface area contributed by atoms with Gasteiger partial charge in [0.1, 0.15) is 0 Å². The minimum atomic E-state index is -1.72. The van der Waals surface area contributed by atoms with E-state index in [1.54, 1.807) is 48.5 Å². The number of carbonyl (C=O) groups is 2. The van der Waals surface area contributed by atoms with Gasteiger partial charge in [-0.3, -0.25) is 9.59 Å². The molecule has 3 N–H and O–H groups in total. The molecule has 9 nitrogen and oxygen atoms in total. The second-order valence-electron chi connectivity index (χ2n) is 11.7. The molecule has 0 aliphatic heterocycles. The van der Waals surface area contributed by atoms with Crippen LogP contribution >= 0.6 is 11.6 Å². The third kappa shape index (κ3) is 8.65. The van der Waals surface area contributed by atoms with Crippen LogP contribution in [-0.4, -0.2) is 49.9 Å².